The highest BCUT2D eigenvalue weighted by Crippen LogP contribution is 2.58. The number of hydrogen-bond acceptors (Lipinski definition) is 3. The first kappa shape index (κ1) is 30.5. The summed E-state index contributed by atoms with van der Waals surface area (Å²) < 4.78 is 72.4. The third-order valence-corrected chi connectivity index (χ3v) is 8.39. The molecule has 0 spiro atoms. The molecule has 1 heterocycles. The number of aryl methyl sites for hydroxylation is 1. The molecule has 45 heavy (non-hydrogen) atoms. The number of unbranched alkanes of at least 4 members (excludes halogenated alkanes) is 1. The first-order valence-electron chi connectivity index (χ1n) is 14.9. The van der Waals surface area contributed by atoms with Gasteiger partial charge in [0.1, 0.15) is 12.4 Å². The summed E-state index contributed by atoms with van der Waals surface area (Å²) >= 11 is 0. The van der Waals surface area contributed by atoms with E-state index in [9.17, 15) is 31.5 Å². The van der Waals surface area contributed by atoms with Crippen molar-refractivity contribution in [3.8, 4) is 5.75 Å². The Kier molecular flexibility index (Phi) is 8.44. The Morgan fingerprint density at radius 3 is 2.42 bits per heavy atom. The number of carbonyl (C=O) groups excluding carboxylic acids is 2. The monoisotopic (exact) mass is 619 g/mol. The number of ether oxygens (including phenoxy) is 1. The number of alkyl halides is 5. The lowest BCUT2D eigenvalue weighted by molar-refractivity contribution is -0.137. The summed E-state index contributed by atoms with van der Waals surface area (Å²) in [6.45, 7) is 0.414. The molecule has 3 aliphatic rings. The van der Waals surface area contributed by atoms with Crippen LogP contribution in [0.2, 0.25) is 0 Å². The normalized spacial score (nSPS) is 18.5. The van der Waals surface area contributed by atoms with Crippen LogP contribution in [0.25, 0.3) is 6.08 Å². The average molecular weight is 620 g/mol. The SMILES string of the molecule is O=C1CC/C(=C/C2=Cc3cc(OCc4ccccc4)ccc3C3C(CCCCc4cc(C(F)F)cc(C(F)(F)F)c4)=C23)C(=O)N1. The highest BCUT2D eigenvalue weighted by atomic mass is 19.4. The van der Waals surface area contributed by atoms with Crippen LogP contribution >= 0.6 is 0 Å². The van der Waals surface area contributed by atoms with Gasteiger partial charge in [0.15, 0.2) is 0 Å². The predicted molar refractivity (Wildman–Crippen MR) is 159 cm³/mol. The summed E-state index contributed by atoms with van der Waals surface area (Å²) in [6, 6.07) is 18.4. The van der Waals surface area contributed by atoms with E-state index < -0.39 is 29.6 Å². The summed E-state index contributed by atoms with van der Waals surface area (Å²) in [4.78, 5) is 24.2. The van der Waals surface area contributed by atoms with Crippen LogP contribution < -0.4 is 10.1 Å². The number of rotatable bonds is 10. The maximum absolute atomic E-state index is 13.3. The molecule has 232 valence electrons. The van der Waals surface area contributed by atoms with Crippen LogP contribution in [0.5, 0.6) is 5.75 Å². The van der Waals surface area contributed by atoms with Crippen molar-refractivity contribution in [3.63, 3.8) is 0 Å². The zero-order valence-corrected chi connectivity index (χ0v) is 24.2. The van der Waals surface area contributed by atoms with E-state index in [1.54, 1.807) is 0 Å². The number of allylic oxidation sites excluding steroid dienone is 4. The number of imide groups is 1. The highest BCUT2D eigenvalue weighted by Gasteiger charge is 2.42. The topological polar surface area (TPSA) is 55.4 Å². The van der Waals surface area contributed by atoms with E-state index in [1.807, 2.05) is 60.7 Å². The molecule has 2 aliphatic carbocycles. The van der Waals surface area contributed by atoms with Crippen molar-refractivity contribution in [1.29, 1.82) is 0 Å². The van der Waals surface area contributed by atoms with Crippen molar-refractivity contribution >= 4 is 17.9 Å². The molecule has 6 rings (SSSR count). The largest absolute Gasteiger partial charge is 0.489 e. The number of carbonyl (C=O) groups is 2. The number of nitrogens with one attached hydrogen (secondary N) is 1. The van der Waals surface area contributed by atoms with Crippen LogP contribution in [0.4, 0.5) is 22.0 Å². The van der Waals surface area contributed by atoms with Crippen LogP contribution in [0.3, 0.4) is 0 Å². The second kappa shape index (κ2) is 12.5. The lowest BCUT2D eigenvalue weighted by atomic mass is 9.89. The van der Waals surface area contributed by atoms with Gasteiger partial charge in [0.25, 0.3) is 12.3 Å². The smallest absolute Gasteiger partial charge is 0.416 e. The molecular formula is C36H30F5NO3. The third kappa shape index (κ3) is 6.92. The molecule has 9 heteroatoms. The zero-order valence-electron chi connectivity index (χ0n) is 24.2. The lowest BCUT2D eigenvalue weighted by Gasteiger charge is -2.18. The van der Waals surface area contributed by atoms with Crippen LogP contribution in [0.15, 0.2) is 95.1 Å². The molecule has 1 N–H and O–H groups in total. The maximum Gasteiger partial charge on any atom is 0.416 e. The van der Waals surface area contributed by atoms with Gasteiger partial charge in [-0.1, -0.05) is 48.0 Å². The molecule has 0 aromatic heterocycles. The molecule has 0 saturated carbocycles. The fourth-order valence-electron chi connectivity index (χ4n) is 6.13. The van der Waals surface area contributed by atoms with E-state index in [-0.39, 0.29) is 30.2 Å². The van der Waals surface area contributed by atoms with Gasteiger partial charge in [0.2, 0.25) is 5.91 Å². The number of hydrogen-bond donors (Lipinski definition) is 1. The van der Waals surface area contributed by atoms with E-state index in [2.05, 4.69) is 5.32 Å². The van der Waals surface area contributed by atoms with E-state index in [0.717, 1.165) is 40.0 Å². The van der Waals surface area contributed by atoms with Crippen molar-refractivity contribution < 1.29 is 36.3 Å². The molecule has 1 fully saturated rings. The van der Waals surface area contributed by atoms with Gasteiger partial charge in [0, 0.05) is 23.5 Å². The van der Waals surface area contributed by atoms with Crippen LogP contribution in [-0.2, 0) is 28.8 Å². The Hall–Kier alpha value is -4.53. The molecule has 3 aromatic carbocycles. The maximum atomic E-state index is 13.3. The van der Waals surface area contributed by atoms with Crippen molar-refractivity contribution in [1.82, 2.24) is 5.32 Å². The summed E-state index contributed by atoms with van der Waals surface area (Å²) in [6.07, 6.45) is -1.14. The lowest BCUT2D eigenvalue weighted by Crippen LogP contribution is -2.36. The molecule has 0 radical (unpaired) electrons. The second-order valence-corrected chi connectivity index (χ2v) is 11.6. The van der Waals surface area contributed by atoms with Gasteiger partial charge in [-0.2, -0.15) is 13.2 Å². The summed E-state index contributed by atoms with van der Waals surface area (Å²) in [5.74, 6) is 0.0523. The van der Waals surface area contributed by atoms with Gasteiger partial charge in [-0.25, -0.2) is 8.78 Å². The quantitative estimate of drug-likeness (QED) is 0.107. The van der Waals surface area contributed by atoms with E-state index in [4.69, 9.17) is 4.74 Å². The van der Waals surface area contributed by atoms with Crippen molar-refractivity contribution in [2.24, 2.45) is 0 Å². The minimum atomic E-state index is -4.70. The first-order valence-corrected chi connectivity index (χ1v) is 14.9. The fourth-order valence-corrected chi connectivity index (χ4v) is 6.13. The summed E-state index contributed by atoms with van der Waals surface area (Å²) in [5.41, 5.74) is 5.37. The molecule has 1 aliphatic heterocycles. The first-order chi connectivity index (χ1) is 21.6. The Balaban J connectivity index is 1.19. The second-order valence-electron chi connectivity index (χ2n) is 11.6. The van der Waals surface area contributed by atoms with Crippen molar-refractivity contribution in [2.45, 2.75) is 63.7 Å². The van der Waals surface area contributed by atoms with Crippen LogP contribution in [0, 0.1) is 0 Å². The van der Waals surface area contributed by atoms with Gasteiger partial charge >= 0.3 is 6.18 Å². The standard InChI is InChI=1S/C36H30F5NO3/c37-34(38)26-14-22(15-27(18-26)36(39,40)41)8-4-5-9-30-32-25(16-23-10-13-31(43)42-35(23)44)17-24-19-28(11-12-29(24)33(30)32)45-20-21-6-2-1-3-7-21/h1-3,6-7,11-12,14-19,33-34H,4-5,8-10,13,20H2,(H,42,43,44)/b23-16-. The van der Waals surface area contributed by atoms with Gasteiger partial charge in [0.05, 0.1) is 5.56 Å². The summed E-state index contributed by atoms with van der Waals surface area (Å²) in [7, 11) is 0. The van der Waals surface area contributed by atoms with Gasteiger partial charge in [-0.15, -0.1) is 0 Å². The van der Waals surface area contributed by atoms with Crippen LogP contribution in [-0.4, -0.2) is 11.8 Å². The summed E-state index contributed by atoms with van der Waals surface area (Å²) in [5, 5.41) is 2.37. The minimum Gasteiger partial charge on any atom is -0.489 e. The molecule has 4 nitrogen and oxygen atoms in total. The van der Waals surface area contributed by atoms with Crippen molar-refractivity contribution in [2.75, 3.05) is 0 Å². The Morgan fingerprint density at radius 1 is 0.911 bits per heavy atom. The molecule has 1 unspecified atom stereocenters. The Labute approximate surface area is 257 Å². The molecule has 1 saturated heterocycles. The molecular weight excluding hydrogens is 589 g/mol. The van der Waals surface area contributed by atoms with Gasteiger partial charge in [-0.05, 0) is 102 Å². The molecule has 3 aromatic rings. The third-order valence-electron chi connectivity index (χ3n) is 8.39. The van der Waals surface area contributed by atoms with Gasteiger partial charge < -0.3 is 4.74 Å². The molecule has 2 amide bonds. The molecule has 0 bridgehead atoms. The number of fused-ring (bicyclic) bond motifs is 3. The number of amides is 2. The zero-order chi connectivity index (χ0) is 31.7. The van der Waals surface area contributed by atoms with Crippen molar-refractivity contribution in [3.05, 3.63) is 128 Å². The average Bonchev–Trinajstić information content (AvgIpc) is 3.74. The number of piperidine rings is 1. The van der Waals surface area contributed by atoms with E-state index in [0.29, 0.717) is 49.7 Å². The molecule has 1 atom stereocenters. The number of halogens is 5. The number of benzene rings is 3. The van der Waals surface area contributed by atoms with Crippen LogP contribution in [0.1, 0.15) is 77.8 Å². The van der Waals surface area contributed by atoms with E-state index in [1.165, 1.54) is 5.57 Å². The highest BCUT2D eigenvalue weighted by molar-refractivity contribution is 6.07. The van der Waals surface area contributed by atoms with Gasteiger partial charge in [-0.3, -0.25) is 14.9 Å². The predicted octanol–water partition coefficient (Wildman–Crippen LogP) is 8.79. The Morgan fingerprint density at radius 2 is 1.69 bits per heavy atom. The Bertz CT molecular complexity index is 1740. The minimum absolute atomic E-state index is 0.0484. The van der Waals surface area contributed by atoms with E-state index >= 15 is 0 Å². The fraction of sp³-hybridized carbons (Fsp3) is 0.278.